The zero-order valence-electron chi connectivity index (χ0n) is 16.8. The fraction of sp³-hybridized carbons (Fsp3) is 0.391. The van der Waals surface area contributed by atoms with Crippen LogP contribution in [0.3, 0.4) is 0 Å². The summed E-state index contributed by atoms with van der Waals surface area (Å²) in [6.07, 6.45) is 5.23. The van der Waals surface area contributed by atoms with Gasteiger partial charge in [0.1, 0.15) is 16.9 Å². The van der Waals surface area contributed by atoms with E-state index < -0.39 is 5.41 Å². The number of nitrogens with zero attached hydrogens (tertiary/aromatic N) is 6. The minimum Gasteiger partial charge on any atom is -0.396 e. The second-order valence-corrected chi connectivity index (χ2v) is 8.25. The van der Waals surface area contributed by atoms with Crippen molar-refractivity contribution in [3.8, 4) is 6.07 Å². The van der Waals surface area contributed by atoms with E-state index in [0.29, 0.717) is 19.0 Å². The van der Waals surface area contributed by atoms with Gasteiger partial charge in [-0.05, 0) is 37.0 Å². The topological polar surface area (TPSA) is 89.2 Å². The van der Waals surface area contributed by atoms with Crippen molar-refractivity contribution in [3.63, 3.8) is 0 Å². The van der Waals surface area contributed by atoms with Gasteiger partial charge in [-0.1, -0.05) is 18.2 Å². The van der Waals surface area contributed by atoms with E-state index in [-0.39, 0.29) is 6.61 Å². The highest BCUT2D eigenvalue weighted by Crippen LogP contribution is 2.40. The van der Waals surface area contributed by atoms with Crippen molar-refractivity contribution in [3.05, 3.63) is 54.5 Å². The number of para-hydroxylation sites is 1. The van der Waals surface area contributed by atoms with Gasteiger partial charge in [0.2, 0.25) is 0 Å². The van der Waals surface area contributed by atoms with Crippen molar-refractivity contribution >= 4 is 22.5 Å². The average molecular weight is 400 g/mol. The second-order valence-electron chi connectivity index (χ2n) is 8.25. The molecule has 2 fully saturated rings. The Balaban J connectivity index is 1.40. The van der Waals surface area contributed by atoms with Crippen molar-refractivity contribution in [1.82, 2.24) is 15.0 Å². The van der Waals surface area contributed by atoms with Gasteiger partial charge in [-0.25, -0.2) is 9.97 Å². The minimum atomic E-state index is -0.690. The lowest BCUT2D eigenvalue weighted by Gasteiger charge is -2.47. The SMILES string of the molecule is N#CC1(c2nccnc2N2CCC(CO)CC2)CN(c2ccc3ccccc3n2)C1. The van der Waals surface area contributed by atoms with Gasteiger partial charge in [-0.3, -0.25) is 4.98 Å². The molecule has 0 radical (unpaired) electrons. The third kappa shape index (κ3) is 3.14. The summed E-state index contributed by atoms with van der Waals surface area (Å²) in [5.74, 6) is 2.04. The molecule has 30 heavy (non-hydrogen) atoms. The highest BCUT2D eigenvalue weighted by Gasteiger charge is 2.49. The van der Waals surface area contributed by atoms with Gasteiger partial charge in [0.15, 0.2) is 5.82 Å². The Kier molecular flexibility index (Phi) is 4.72. The molecule has 3 aromatic rings. The lowest BCUT2D eigenvalue weighted by molar-refractivity contribution is 0.202. The molecule has 2 saturated heterocycles. The van der Waals surface area contributed by atoms with E-state index in [0.717, 1.165) is 54.2 Å². The van der Waals surface area contributed by atoms with Crippen molar-refractivity contribution in [2.45, 2.75) is 18.3 Å². The molecule has 7 heteroatoms. The molecule has 2 aliphatic heterocycles. The average Bonchev–Trinajstić information content (AvgIpc) is 2.79. The summed E-state index contributed by atoms with van der Waals surface area (Å²) in [5, 5.41) is 20.6. The van der Waals surface area contributed by atoms with Gasteiger partial charge < -0.3 is 14.9 Å². The predicted octanol–water partition coefficient (Wildman–Crippen LogP) is 2.52. The number of benzene rings is 1. The molecule has 2 aliphatic rings. The van der Waals surface area contributed by atoms with Gasteiger partial charge in [0.25, 0.3) is 0 Å². The van der Waals surface area contributed by atoms with Crippen molar-refractivity contribution in [2.24, 2.45) is 5.92 Å². The molecule has 5 rings (SSSR count). The first-order chi connectivity index (χ1) is 14.7. The zero-order valence-corrected chi connectivity index (χ0v) is 16.8. The molecule has 0 unspecified atom stereocenters. The smallest absolute Gasteiger partial charge is 0.152 e. The number of anilines is 2. The molecular weight excluding hydrogens is 376 g/mol. The zero-order chi connectivity index (χ0) is 20.6. The Hall–Kier alpha value is -3.24. The minimum absolute atomic E-state index is 0.233. The number of aliphatic hydroxyl groups excluding tert-OH is 1. The normalized spacial score (nSPS) is 18.8. The van der Waals surface area contributed by atoms with Crippen LogP contribution in [0, 0.1) is 17.2 Å². The van der Waals surface area contributed by atoms with E-state index in [1.54, 1.807) is 12.4 Å². The van der Waals surface area contributed by atoms with Gasteiger partial charge in [0.05, 0.1) is 11.6 Å². The summed E-state index contributed by atoms with van der Waals surface area (Å²) in [5.41, 5.74) is 1.02. The van der Waals surface area contributed by atoms with E-state index in [2.05, 4.69) is 31.9 Å². The van der Waals surface area contributed by atoms with E-state index >= 15 is 0 Å². The van der Waals surface area contributed by atoms with E-state index in [1.165, 1.54) is 0 Å². The van der Waals surface area contributed by atoms with E-state index in [9.17, 15) is 10.4 Å². The number of piperidine rings is 1. The molecule has 7 nitrogen and oxygen atoms in total. The molecule has 0 amide bonds. The number of aromatic nitrogens is 3. The van der Waals surface area contributed by atoms with Crippen LogP contribution in [-0.4, -0.2) is 52.8 Å². The first-order valence-corrected chi connectivity index (χ1v) is 10.4. The van der Waals surface area contributed by atoms with Crippen LogP contribution in [0.1, 0.15) is 18.5 Å². The molecular formula is C23H24N6O. The number of nitriles is 1. The number of hydrogen-bond acceptors (Lipinski definition) is 7. The fourth-order valence-electron chi connectivity index (χ4n) is 4.50. The number of fused-ring (bicyclic) bond motifs is 1. The van der Waals surface area contributed by atoms with Gasteiger partial charge in [0, 0.05) is 50.6 Å². The summed E-state index contributed by atoms with van der Waals surface area (Å²) in [7, 11) is 0. The van der Waals surface area contributed by atoms with Gasteiger partial charge >= 0.3 is 0 Å². The third-order valence-corrected chi connectivity index (χ3v) is 6.35. The molecule has 0 aliphatic carbocycles. The molecule has 1 aromatic carbocycles. The molecule has 0 bridgehead atoms. The maximum absolute atomic E-state index is 10.1. The number of hydrogen-bond donors (Lipinski definition) is 1. The highest BCUT2D eigenvalue weighted by molar-refractivity contribution is 5.80. The summed E-state index contributed by atoms with van der Waals surface area (Å²) in [4.78, 5) is 18.3. The van der Waals surface area contributed by atoms with Crippen LogP contribution in [0.5, 0.6) is 0 Å². The van der Waals surface area contributed by atoms with Crippen LogP contribution >= 0.6 is 0 Å². The van der Waals surface area contributed by atoms with Crippen LogP contribution < -0.4 is 9.80 Å². The van der Waals surface area contributed by atoms with Crippen molar-refractivity contribution in [1.29, 1.82) is 5.26 Å². The molecule has 0 saturated carbocycles. The number of rotatable bonds is 4. The molecule has 2 aromatic heterocycles. The second kappa shape index (κ2) is 7.54. The first-order valence-electron chi connectivity index (χ1n) is 10.4. The van der Waals surface area contributed by atoms with E-state index in [4.69, 9.17) is 4.98 Å². The Bertz CT molecular complexity index is 1100. The van der Waals surface area contributed by atoms with Crippen LogP contribution in [0.15, 0.2) is 48.8 Å². The maximum Gasteiger partial charge on any atom is 0.152 e. The quantitative estimate of drug-likeness (QED) is 0.720. The van der Waals surface area contributed by atoms with Crippen LogP contribution in [-0.2, 0) is 5.41 Å². The summed E-state index contributed by atoms with van der Waals surface area (Å²) in [6, 6.07) is 14.7. The van der Waals surface area contributed by atoms with Crippen LogP contribution in [0.25, 0.3) is 10.9 Å². The van der Waals surface area contributed by atoms with Gasteiger partial charge in [-0.15, -0.1) is 0 Å². The Morgan fingerprint density at radius 1 is 1.03 bits per heavy atom. The summed E-state index contributed by atoms with van der Waals surface area (Å²) in [6.45, 7) is 2.99. The number of aliphatic hydroxyl groups is 1. The Labute approximate surface area is 175 Å². The maximum atomic E-state index is 10.1. The third-order valence-electron chi connectivity index (χ3n) is 6.35. The van der Waals surface area contributed by atoms with Crippen LogP contribution in [0.2, 0.25) is 0 Å². The number of pyridine rings is 1. The molecule has 152 valence electrons. The van der Waals surface area contributed by atoms with Gasteiger partial charge in [-0.2, -0.15) is 5.26 Å². The van der Waals surface area contributed by atoms with Crippen molar-refractivity contribution < 1.29 is 5.11 Å². The van der Waals surface area contributed by atoms with Crippen LogP contribution in [0.4, 0.5) is 11.6 Å². The predicted molar refractivity (Wildman–Crippen MR) is 115 cm³/mol. The molecule has 0 spiro atoms. The lowest BCUT2D eigenvalue weighted by Crippen LogP contribution is -2.60. The summed E-state index contributed by atoms with van der Waals surface area (Å²) >= 11 is 0. The standard InChI is InChI=1S/C23H24N6O/c24-14-23(15-29(16-23)20-6-5-18-3-1-2-4-19(18)27-20)21-22(26-10-9-25-21)28-11-7-17(13-30)8-12-28/h1-6,9-10,17,30H,7-8,11-13,15-16H2. The molecule has 4 heterocycles. The summed E-state index contributed by atoms with van der Waals surface area (Å²) < 4.78 is 0. The lowest BCUT2D eigenvalue weighted by atomic mass is 9.77. The first kappa shape index (κ1) is 18.8. The fourth-order valence-corrected chi connectivity index (χ4v) is 4.50. The highest BCUT2D eigenvalue weighted by atomic mass is 16.3. The molecule has 0 atom stereocenters. The Morgan fingerprint density at radius 3 is 2.57 bits per heavy atom. The van der Waals surface area contributed by atoms with Crippen molar-refractivity contribution in [2.75, 3.05) is 42.6 Å². The molecule has 1 N–H and O–H groups in total. The van der Waals surface area contributed by atoms with E-state index in [1.807, 2.05) is 30.3 Å². The Morgan fingerprint density at radius 2 is 1.80 bits per heavy atom. The largest absolute Gasteiger partial charge is 0.396 e. The monoisotopic (exact) mass is 400 g/mol.